The van der Waals surface area contributed by atoms with Crippen LogP contribution >= 0.6 is 11.6 Å². The Morgan fingerprint density at radius 2 is 0.691 bits per heavy atom. The molecule has 0 saturated heterocycles. The van der Waals surface area contributed by atoms with E-state index < -0.39 is 29.8 Å². The summed E-state index contributed by atoms with van der Waals surface area (Å²) in [6.07, 6.45) is 5.54. The standard InChI is InChI=1S/C65H107ClN8O23/c66-20-3-1-2-4-23-84-27-29-86-25-21-68-59(75)8-6-9-60(76)69-22-26-87-30-32-89-34-36-91-38-40-93-42-44-95-46-48-97-50-49-96-47-45-94-43-41-92-39-37-90-35-33-88-31-28-85-24-19-61(77)70-52-63(79)72-55-13-17-57(18-14-55)74-73-56-15-11-54(12-16-56)71-62(78)10-5-7-53(64(80)81)51-58(67)65(82)83/h11-18,53,58H,1-10,19-52,67H2,(H,68,75)(H,69,76)(H,70,77)(H,71,78)(H,72,79)(H,80,81)(H,82,83)/t53-,58-/m0/s1. The first-order valence-corrected chi connectivity index (χ1v) is 33.8. The van der Waals surface area contributed by atoms with E-state index in [1.165, 1.54) is 0 Å². The number of carbonyl (C=O) groups is 7. The molecule has 32 heteroatoms. The van der Waals surface area contributed by atoms with Crippen LogP contribution < -0.4 is 32.3 Å². The molecule has 0 unspecified atom stereocenters. The first-order valence-electron chi connectivity index (χ1n) is 33.2. The zero-order valence-electron chi connectivity index (χ0n) is 56.2. The van der Waals surface area contributed by atoms with Crippen molar-refractivity contribution in [3.05, 3.63) is 48.5 Å². The predicted molar refractivity (Wildman–Crippen MR) is 358 cm³/mol. The van der Waals surface area contributed by atoms with Crippen molar-refractivity contribution in [2.75, 3.05) is 221 Å². The fraction of sp³-hybridized carbons (Fsp3) is 0.708. The molecule has 0 heterocycles. The molecule has 5 amide bonds. The number of alkyl halides is 1. The number of benzene rings is 2. The number of nitrogens with one attached hydrogen (secondary N) is 5. The molecule has 0 saturated carbocycles. The SMILES string of the molecule is N[C@@H](C[C@H](CCCC(=O)Nc1ccc(N=Nc2ccc(NC(=O)CNC(=O)CCOCCOCCOCCOCCOCCOCCOCCOCCOCCOCCOCCOCCNC(=O)CCCC(=O)NCCOCCOCCCCCCCl)cc2)cc1)C(=O)O)C(=O)O. The van der Waals surface area contributed by atoms with Crippen LogP contribution in [0.25, 0.3) is 0 Å². The fourth-order valence-corrected chi connectivity index (χ4v) is 8.25. The van der Waals surface area contributed by atoms with Crippen LogP contribution in [0.15, 0.2) is 58.8 Å². The number of ether oxygens (including phenoxy) is 14. The van der Waals surface area contributed by atoms with Crippen molar-refractivity contribution in [3.8, 4) is 0 Å². The third-order valence-electron chi connectivity index (χ3n) is 13.2. The van der Waals surface area contributed by atoms with Crippen LogP contribution in [0.3, 0.4) is 0 Å². The number of carboxylic acids is 2. The maximum atomic E-state index is 12.4. The molecule has 0 spiro atoms. The van der Waals surface area contributed by atoms with Crippen molar-refractivity contribution in [1.82, 2.24) is 16.0 Å². The highest BCUT2D eigenvalue weighted by molar-refractivity contribution is 6.17. The highest BCUT2D eigenvalue weighted by Gasteiger charge is 2.24. The van der Waals surface area contributed by atoms with Gasteiger partial charge in [-0.25, -0.2) is 0 Å². The Morgan fingerprint density at radius 1 is 0.361 bits per heavy atom. The molecule has 0 fully saturated rings. The Hall–Kier alpha value is -5.98. The Morgan fingerprint density at radius 3 is 1.06 bits per heavy atom. The third kappa shape index (κ3) is 55.6. The van der Waals surface area contributed by atoms with Gasteiger partial charge >= 0.3 is 11.9 Å². The molecule has 2 atom stereocenters. The Kier molecular flexibility index (Phi) is 57.0. The summed E-state index contributed by atoms with van der Waals surface area (Å²) in [5.74, 6) is -4.03. The summed E-state index contributed by atoms with van der Waals surface area (Å²) in [5.41, 5.74) is 7.48. The van der Waals surface area contributed by atoms with Gasteiger partial charge in [0, 0.05) is 62.6 Å². The van der Waals surface area contributed by atoms with E-state index in [0.29, 0.717) is 213 Å². The number of anilines is 2. The van der Waals surface area contributed by atoms with E-state index in [1.54, 1.807) is 48.5 Å². The second-order valence-corrected chi connectivity index (χ2v) is 21.6. The van der Waals surface area contributed by atoms with Gasteiger partial charge in [0.15, 0.2) is 0 Å². The van der Waals surface area contributed by atoms with Crippen molar-refractivity contribution < 1.29 is 110 Å². The summed E-state index contributed by atoms with van der Waals surface area (Å²) in [6.45, 7) is 12.4. The van der Waals surface area contributed by atoms with E-state index in [0.717, 1.165) is 32.3 Å². The van der Waals surface area contributed by atoms with E-state index in [4.69, 9.17) is 88.8 Å². The smallest absolute Gasteiger partial charge is 0.320 e. The monoisotopic (exact) mass is 1400 g/mol. The van der Waals surface area contributed by atoms with E-state index in [2.05, 4.69) is 36.8 Å². The van der Waals surface area contributed by atoms with Gasteiger partial charge in [0.2, 0.25) is 29.5 Å². The van der Waals surface area contributed by atoms with E-state index in [-0.39, 0.29) is 88.3 Å². The molecule has 2 rings (SSSR count). The normalized spacial score (nSPS) is 12.0. The van der Waals surface area contributed by atoms with Crippen LogP contribution in [-0.2, 0) is 99.9 Å². The second kappa shape index (κ2) is 63.5. The number of carboxylic acid groups (broad SMARTS) is 2. The molecule has 97 heavy (non-hydrogen) atoms. The molecule has 31 nitrogen and oxygen atoms in total. The number of azo groups is 1. The van der Waals surface area contributed by atoms with E-state index in [1.807, 2.05) is 0 Å². The Balaban J connectivity index is 1.24. The lowest BCUT2D eigenvalue weighted by Crippen LogP contribution is -2.34. The van der Waals surface area contributed by atoms with E-state index >= 15 is 0 Å². The quantitative estimate of drug-likeness (QED) is 0.0255. The predicted octanol–water partition coefficient (Wildman–Crippen LogP) is 4.59. The topological polar surface area (TPSA) is 400 Å². The molecule has 0 bridgehead atoms. The number of nitrogens with zero attached hydrogens (tertiary/aromatic N) is 2. The minimum atomic E-state index is -1.29. The number of amides is 5. The average molecular weight is 1400 g/mol. The van der Waals surface area contributed by atoms with Crippen molar-refractivity contribution in [1.29, 1.82) is 0 Å². The number of aliphatic carboxylic acids is 2. The first kappa shape index (κ1) is 87.1. The molecule has 0 aliphatic heterocycles. The van der Waals surface area contributed by atoms with E-state index in [9.17, 15) is 38.7 Å². The number of hydrogen-bond acceptors (Lipinski definition) is 24. The van der Waals surface area contributed by atoms with Crippen molar-refractivity contribution in [3.63, 3.8) is 0 Å². The van der Waals surface area contributed by atoms with Gasteiger partial charge in [-0.1, -0.05) is 12.8 Å². The zero-order valence-corrected chi connectivity index (χ0v) is 57.0. The lowest BCUT2D eigenvalue weighted by Gasteiger charge is -2.14. The van der Waals surface area contributed by atoms with Crippen molar-refractivity contribution in [2.24, 2.45) is 21.9 Å². The molecule has 0 aromatic heterocycles. The van der Waals surface area contributed by atoms with Gasteiger partial charge in [0.05, 0.1) is 202 Å². The number of halogens is 1. The van der Waals surface area contributed by atoms with Gasteiger partial charge in [0.1, 0.15) is 6.04 Å². The van der Waals surface area contributed by atoms with Crippen LogP contribution in [0.1, 0.15) is 77.0 Å². The van der Waals surface area contributed by atoms with Gasteiger partial charge in [-0.3, -0.25) is 33.6 Å². The summed E-state index contributed by atoms with van der Waals surface area (Å²) in [6, 6.07) is 11.9. The molecule has 2 aromatic rings. The zero-order chi connectivity index (χ0) is 70.1. The van der Waals surface area contributed by atoms with Crippen molar-refractivity contribution >= 4 is 75.8 Å². The van der Waals surface area contributed by atoms with Crippen LogP contribution in [0, 0.1) is 5.92 Å². The molecule has 0 aliphatic carbocycles. The number of unbranched alkanes of at least 4 members (excludes halogenated alkanes) is 3. The molecular formula is C65H107ClN8O23. The number of rotatable bonds is 69. The highest BCUT2D eigenvalue weighted by Crippen LogP contribution is 2.23. The minimum absolute atomic E-state index is 0.0410. The summed E-state index contributed by atoms with van der Waals surface area (Å²) >= 11 is 5.67. The van der Waals surface area contributed by atoms with Crippen LogP contribution in [-0.4, -0.2) is 268 Å². The molecule has 0 aliphatic rings. The number of carbonyl (C=O) groups excluding carboxylic acids is 5. The van der Waals surface area contributed by atoms with Crippen LogP contribution in [0.2, 0.25) is 0 Å². The van der Waals surface area contributed by atoms with Crippen molar-refractivity contribution in [2.45, 2.75) is 83.1 Å². The maximum Gasteiger partial charge on any atom is 0.320 e. The Labute approximate surface area is 574 Å². The number of hydrogen-bond donors (Lipinski definition) is 8. The largest absolute Gasteiger partial charge is 0.481 e. The molecule has 0 radical (unpaired) electrons. The maximum absolute atomic E-state index is 12.4. The minimum Gasteiger partial charge on any atom is -0.481 e. The summed E-state index contributed by atoms with van der Waals surface area (Å²) in [5, 5.41) is 40.2. The fourth-order valence-electron chi connectivity index (χ4n) is 8.06. The lowest BCUT2D eigenvalue weighted by atomic mass is 9.94. The Bertz CT molecular complexity index is 2360. The molecule has 2 aromatic carbocycles. The highest BCUT2D eigenvalue weighted by atomic mass is 35.5. The molecule has 9 N–H and O–H groups in total. The van der Waals surface area contributed by atoms with Gasteiger partial charge in [-0.15, -0.1) is 11.6 Å². The third-order valence-corrected chi connectivity index (χ3v) is 13.5. The number of nitrogens with two attached hydrogens (primary N) is 1. The summed E-state index contributed by atoms with van der Waals surface area (Å²) in [7, 11) is 0. The molecule has 552 valence electrons. The first-order chi connectivity index (χ1) is 47.4. The van der Waals surface area contributed by atoms with Gasteiger partial charge in [0.25, 0.3) is 0 Å². The second-order valence-electron chi connectivity index (χ2n) is 21.3. The van der Waals surface area contributed by atoms with Crippen LogP contribution in [0.5, 0.6) is 0 Å². The van der Waals surface area contributed by atoms with Crippen LogP contribution in [0.4, 0.5) is 22.7 Å². The molecular weight excluding hydrogens is 1300 g/mol. The summed E-state index contributed by atoms with van der Waals surface area (Å²) < 4.78 is 77.0. The van der Waals surface area contributed by atoms with Gasteiger partial charge in [-0.2, -0.15) is 10.2 Å². The lowest BCUT2D eigenvalue weighted by molar-refractivity contribution is -0.144. The van der Waals surface area contributed by atoms with Gasteiger partial charge < -0.3 is 109 Å². The van der Waals surface area contributed by atoms with Gasteiger partial charge in [-0.05, 0) is 87.1 Å². The average Bonchev–Trinajstić information content (AvgIpc) is 1.20. The summed E-state index contributed by atoms with van der Waals surface area (Å²) in [4.78, 5) is 83.4.